The van der Waals surface area contributed by atoms with E-state index in [4.69, 9.17) is 4.74 Å². The minimum Gasteiger partial charge on any atom is -0.381 e. The van der Waals surface area contributed by atoms with E-state index >= 15 is 0 Å². The van der Waals surface area contributed by atoms with Crippen molar-refractivity contribution in [1.82, 2.24) is 9.80 Å². The van der Waals surface area contributed by atoms with Crippen LogP contribution < -0.4 is 0 Å². The van der Waals surface area contributed by atoms with Crippen LogP contribution in [0.15, 0.2) is 0 Å². The van der Waals surface area contributed by atoms with Crippen molar-refractivity contribution in [3.05, 3.63) is 0 Å². The zero-order chi connectivity index (χ0) is 18.7. The van der Waals surface area contributed by atoms with Crippen LogP contribution in [-0.2, 0) is 4.74 Å². The molecule has 0 amide bonds. The third kappa shape index (κ3) is 5.02. The first-order valence-corrected chi connectivity index (χ1v) is 11.5. The molecule has 6 unspecified atom stereocenters. The average Bonchev–Trinajstić information content (AvgIpc) is 3.34. The van der Waals surface area contributed by atoms with Gasteiger partial charge in [0.1, 0.15) is 0 Å². The predicted molar refractivity (Wildman–Crippen MR) is 110 cm³/mol. The second-order valence-electron chi connectivity index (χ2n) is 10.2. The van der Waals surface area contributed by atoms with Crippen molar-refractivity contribution in [3.63, 3.8) is 0 Å². The molecule has 6 atom stereocenters. The van der Waals surface area contributed by atoms with Gasteiger partial charge < -0.3 is 14.5 Å². The van der Waals surface area contributed by atoms with Crippen LogP contribution in [0.1, 0.15) is 66.2 Å². The standard InChI is InChI=1S/C23H44N2O/c1-17(2)23-7-6-22(24(23)5)14-19(4)20-9-12-25(15-20)11-8-18(3)21-10-13-26-16-21/h17-23H,6-16H2,1-5H3. The normalized spacial score (nSPS) is 36.2. The van der Waals surface area contributed by atoms with E-state index in [2.05, 4.69) is 44.5 Å². The molecule has 3 aliphatic heterocycles. The van der Waals surface area contributed by atoms with Crippen molar-refractivity contribution in [2.24, 2.45) is 29.6 Å². The summed E-state index contributed by atoms with van der Waals surface area (Å²) < 4.78 is 5.58. The van der Waals surface area contributed by atoms with Crippen LogP contribution in [0.25, 0.3) is 0 Å². The number of hydrogen-bond donors (Lipinski definition) is 0. The number of nitrogens with zero attached hydrogens (tertiary/aromatic N) is 2. The van der Waals surface area contributed by atoms with Gasteiger partial charge in [-0.1, -0.05) is 27.7 Å². The lowest BCUT2D eigenvalue weighted by molar-refractivity contribution is 0.162. The Bertz CT molecular complexity index is 420. The predicted octanol–water partition coefficient (Wildman–Crippen LogP) is 4.52. The number of likely N-dealkylation sites (tertiary alicyclic amines) is 2. The molecule has 3 fully saturated rings. The Morgan fingerprint density at radius 2 is 1.77 bits per heavy atom. The molecule has 3 rings (SSSR count). The van der Waals surface area contributed by atoms with Crippen molar-refractivity contribution >= 4 is 0 Å². The molecule has 0 aromatic rings. The molecule has 3 nitrogen and oxygen atoms in total. The third-order valence-corrected chi connectivity index (χ3v) is 8.09. The summed E-state index contributed by atoms with van der Waals surface area (Å²) in [5.41, 5.74) is 0. The highest BCUT2D eigenvalue weighted by molar-refractivity contribution is 4.90. The third-order valence-electron chi connectivity index (χ3n) is 8.09. The summed E-state index contributed by atoms with van der Waals surface area (Å²) in [5, 5.41) is 0. The van der Waals surface area contributed by atoms with Crippen molar-refractivity contribution in [2.75, 3.05) is 39.9 Å². The SMILES string of the molecule is CC(C)C1CCC(CC(C)C2CCN(CCC(C)C3CCOC3)C2)N1C. The largest absolute Gasteiger partial charge is 0.381 e. The summed E-state index contributed by atoms with van der Waals surface area (Å²) in [6, 6.07) is 1.64. The summed E-state index contributed by atoms with van der Waals surface area (Å²) >= 11 is 0. The zero-order valence-corrected chi connectivity index (χ0v) is 18.1. The van der Waals surface area contributed by atoms with Gasteiger partial charge in [0.2, 0.25) is 0 Å². The van der Waals surface area contributed by atoms with Crippen LogP contribution >= 0.6 is 0 Å². The van der Waals surface area contributed by atoms with Gasteiger partial charge in [0.15, 0.2) is 0 Å². The first-order valence-electron chi connectivity index (χ1n) is 11.5. The van der Waals surface area contributed by atoms with Gasteiger partial charge in [-0.15, -0.1) is 0 Å². The molecule has 3 aliphatic rings. The fraction of sp³-hybridized carbons (Fsp3) is 1.00. The van der Waals surface area contributed by atoms with Gasteiger partial charge >= 0.3 is 0 Å². The summed E-state index contributed by atoms with van der Waals surface area (Å²) in [5.74, 6) is 4.24. The number of hydrogen-bond acceptors (Lipinski definition) is 3. The Morgan fingerprint density at radius 3 is 2.42 bits per heavy atom. The van der Waals surface area contributed by atoms with E-state index in [-0.39, 0.29) is 0 Å². The van der Waals surface area contributed by atoms with Gasteiger partial charge in [-0.05, 0) is 88.3 Å². The minimum atomic E-state index is 0.800. The van der Waals surface area contributed by atoms with Gasteiger partial charge in [0, 0.05) is 31.8 Å². The van der Waals surface area contributed by atoms with Gasteiger partial charge in [0.25, 0.3) is 0 Å². The van der Waals surface area contributed by atoms with E-state index in [1.54, 1.807) is 0 Å². The number of ether oxygens (including phenoxy) is 1. The molecule has 3 heterocycles. The molecule has 152 valence electrons. The fourth-order valence-electron chi connectivity index (χ4n) is 5.90. The lowest BCUT2D eigenvalue weighted by Crippen LogP contribution is -2.37. The fourth-order valence-corrected chi connectivity index (χ4v) is 5.90. The van der Waals surface area contributed by atoms with E-state index in [1.165, 1.54) is 58.2 Å². The van der Waals surface area contributed by atoms with Gasteiger partial charge in [0.05, 0.1) is 0 Å². The maximum absolute atomic E-state index is 5.58. The topological polar surface area (TPSA) is 15.7 Å². The van der Waals surface area contributed by atoms with Crippen LogP contribution in [0.3, 0.4) is 0 Å². The second-order valence-corrected chi connectivity index (χ2v) is 10.2. The van der Waals surface area contributed by atoms with Crippen LogP contribution in [0, 0.1) is 29.6 Å². The summed E-state index contributed by atoms with van der Waals surface area (Å²) in [7, 11) is 2.38. The van der Waals surface area contributed by atoms with Crippen LogP contribution in [0.5, 0.6) is 0 Å². The Hall–Kier alpha value is -0.120. The molecular formula is C23H44N2O. The molecule has 0 bridgehead atoms. The Morgan fingerprint density at radius 1 is 0.962 bits per heavy atom. The van der Waals surface area contributed by atoms with Crippen molar-refractivity contribution in [2.45, 2.75) is 78.3 Å². The van der Waals surface area contributed by atoms with E-state index in [0.29, 0.717) is 0 Å². The molecule has 0 radical (unpaired) electrons. The summed E-state index contributed by atoms with van der Waals surface area (Å²) in [6.45, 7) is 15.7. The lowest BCUT2D eigenvalue weighted by Gasteiger charge is -2.31. The van der Waals surface area contributed by atoms with E-state index < -0.39 is 0 Å². The van der Waals surface area contributed by atoms with Crippen LogP contribution in [-0.4, -0.2) is 61.8 Å². The van der Waals surface area contributed by atoms with Crippen molar-refractivity contribution in [1.29, 1.82) is 0 Å². The molecule has 0 aliphatic carbocycles. The van der Waals surface area contributed by atoms with Gasteiger partial charge in [-0.2, -0.15) is 0 Å². The molecule has 26 heavy (non-hydrogen) atoms. The Labute approximate surface area is 162 Å². The van der Waals surface area contributed by atoms with Gasteiger partial charge in [-0.25, -0.2) is 0 Å². The highest BCUT2D eigenvalue weighted by atomic mass is 16.5. The molecular weight excluding hydrogens is 320 g/mol. The zero-order valence-electron chi connectivity index (χ0n) is 18.1. The minimum absolute atomic E-state index is 0.800. The van der Waals surface area contributed by atoms with Crippen LogP contribution in [0.2, 0.25) is 0 Å². The molecule has 0 spiro atoms. The van der Waals surface area contributed by atoms with E-state index in [1.807, 2.05) is 0 Å². The maximum Gasteiger partial charge on any atom is 0.0497 e. The highest BCUT2D eigenvalue weighted by Crippen LogP contribution is 2.35. The van der Waals surface area contributed by atoms with Gasteiger partial charge in [-0.3, -0.25) is 0 Å². The van der Waals surface area contributed by atoms with Crippen molar-refractivity contribution < 1.29 is 4.74 Å². The number of rotatable bonds is 8. The van der Waals surface area contributed by atoms with E-state index in [0.717, 1.165) is 54.9 Å². The summed E-state index contributed by atoms with van der Waals surface area (Å²) in [6.07, 6.45) is 8.30. The molecule has 3 heteroatoms. The van der Waals surface area contributed by atoms with Crippen molar-refractivity contribution in [3.8, 4) is 0 Å². The monoisotopic (exact) mass is 364 g/mol. The molecule has 0 saturated carbocycles. The summed E-state index contributed by atoms with van der Waals surface area (Å²) in [4.78, 5) is 5.46. The smallest absolute Gasteiger partial charge is 0.0497 e. The maximum atomic E-state index is 5.58. The molecule has 0 aromatic carbocycles. The van der Waals surface area contributed by atoms with Crippen LogP contribution in [0.4, 0.5) is 0 Å². The molecule has 3 saturated heterocycles. The average molecular weight is 365 g/mol. The second kappa shape index (κ2) is 9.39. The molecule has 0 aromatic heterocycles. The van der Waals surface area contributed by atoms with E-state index in [9.17, 15) is 0 Å². The first-order chi connectivity index (χ1) is 12.5. The highest BCUT2D eigenvalue weighted by Gasteiger charge is 2.35. The molecule has 0 N–H and O–H groups in total. The lowest BCUT2D eigenvalue weighted by atomic mass is 9.87. The Kier molecular flexibility index (Phi) is 7.44. The first kappa shape index (κ1) is 20.6. The quantitative estimate of drug-likeness (QED) is 0.630. The Balaban J connectivity index is 1.38.